The Kier molecular flexibility index (Phi) is 5.42. The Morgan fingerprint density at radius 2 is 2.10 bits per heavy atom. The second-order valence-electron chi connectivity index (χ2n) is 5.43. The van der Waals surface area contributed by atoms with E-state index < -0.39 is 0 Å². The van der Waals surface area contributed by atoms with Crippen LogP contribution in [0.25, 0.3) is 0 Å². The Morgan fingerprint density at radius 3 is 2.67 bits per heavy atom. The van der Waals surface area contributed by atoms with Crippen molar-refractivity contribution in [2.24, 2.45) is 0 Å². The molecule has 1 aromatic carbocycles. The molecule has 1 N–H and O–H groups in total. The minimum atomic E-state index is 0.236. The van der Waals surface area contributed by atoms with Crippen LogP contribution in [0.5, 0.6) is 5.75 Å². The molecule has 1 aromatic heterocycles. The maximum Gasteiger partial charge on any atom is 0.122 e. The van der Waals surface area contributed by atoms with E-state index in [2.05, 4.69) is 43.4 Å². The van der Waals surface area contributed by atoms with Gasteiger partial charge in [-0.05, 0) is 50.3 Å². The van der Waals surface area contributed by atoms with Gasteiger partial charge in [-0.25, -0.2) is 0 Å². The van der Waals surface area contributed by atoms with Crippen LogP contribution >= 0.6 is 0 Å². The van der Waals surface area contributed by atoms with E-state index in [-0.39, 0.29) is 6.04 Å². The molecule has 2 aromatic rings. The van der Waals surface area contributed by atoms with Crippen LogP contribution in [-0.2, 0) is 6.54 Å². The first-order valence-electron chi connectivity index (χ1n) is 7.16. The zero-order chi connectivity index (χ0) is 15.2. The first-order valence-corrected chi connectivity index (χ1v) is 7.16. The predicted octanol–water partition coefficient (Wildman–Crippen LogP) is 2.99. The maximum atomic E-state index is 5.51. The van der Waals surface area contributed by atoms with Gasteiger partial charge in [0.05, 0.1) is 19.4 Å². The maximum absolute atomic E-state index is 5.51. The summed E-state index contributed by atoms with van der Waals surface area (Å²) in [5.41, 5.74) is 2.41. The van der Waals surface area contributed by atoms with E-state index in [0.717, 1.165) is 30.2 Å². The van der Waals surface area contributed by atoms with Crippen LogP contribution in [0.2, 0.25) is 0 Å². The first-order chi connectivity index (χ1) is 10.1. The van der Waals surface area contributed by atoms with Crippen molar-refractivity contribution in [2.75, 3.05) is 27.7 Å². The quantitative estimate of drug-likeness (QED) is 0.850. The minimum Gasteiger partial charge on any atom is -0.496 e. The molecule has 4 heteroatoms. The Hall–Kier alpha value is -1.78. The van der Waals surface area contributed by atoms with E-state index in [4.69, 9.17) is 9.15 Å². The van der Waals surface area contributed by atoms with Gasteiger partial charge < -0.3 is 14.5 Å². The summed E-state index contributed by atoms with van der Waals surface area (Å²) in [5, 5.41) is 3.49. The van der Waals surface area contributed by atoms with Crippen molar-refractivity contribution in [3.63, 3.8) is 0 Å². The van der Waals surface area contributed by atoms with Crippen molar-refractivity contribution in [1.82, 2.24) is 10.2 Å². The van der Waals surface area contributed by atoms with E-state index in [1.165, 1.54) is 5.56 Å². The molecule has 0 bridgehead atoms. The first kappa shape index (κ1) is 15.6. The highest BCUT2D eigenvalue weighted by atomic mass is 16.5. The van der Waals surface area contributed by atoms with Gasteiger partial charge in [-0.15, -0.1) is 0 Å². The molecule has 1 unspecified atom stereocenters. The number of hydrogen-bond donors (Lipinski definition) is 1. The van der Waals surface area contributed by atoms with E-state index in [1.54, 1.807) is 13.4 Å². The fourth-order valence-corrected chi connectivity index (χ4v) is 2.42. The van der Waals surface area contributed by atoms with Crippen molar-refractivity contribution in [3.05, 3.63) is 53.5 Å². The molecular weight excluding hydrogens is 264 g/mol. The number of furan rings is 1. The largest absolute Gasteiger partial charge is 0.496 e. The van der Waals surface area contributed by atoms with E-state index in [9.17, 15) is 0 Å². The third-order valence-corrected chi connectivity index (χ3v) is 3.62. The molecule has 4 nitrogen and oxygen atoms in total. The van der Waals surface area contributed by atoms with Crippen LogP contribution in [0, 0.1) is 6.92 Å². The fourth-order valence-electron chi connectivity index (χ4n) is 2.42. The molecule has 0 spiro atoms. The van der Waals surface area contributed by atoms with Crippen molar-refractivity contribution in [3.8, 4) is 5.75 Å². The van der Waals surface area contributed by atoms with Crippen molar-refractivity contribution >= 4 is 0 Å². The van der Waals surface area contributed by atoms with Gasteiger partial charge in [0.15, 0.2) is 0 Å². The summed E-state index contributed by atoms with van der Waals surface area (Å²) in [5.74, 6) is 1.92. The van der Waals surface area contributed by atoms with Crippen molar-refractivity contribution in [1.29, 1.82) is 0 Å². The Balaban J connectivity index is 1.92. The topological polar surface area (TPSA) is 37.6 Å². The van der Waals surface area contributed by atoms with Crippen molar-refractivity contribution in [2.45, 2.75) is 19.5 Å². The molecule has 0 fully saturated rings. The molecule has 0 radical (unpaired) electrons. The number of aryl methyl sites for hydroxylation is 1. The predicted molar refractivity (Wildman–Crippen MR) is 84.6 cm³/mol. The molecule has 2 rings (SSSR count). The Morgan fingerprint density at radius 1 is 1.29 bits per heavy atom. The van der Waals surface area contributed by atoms with Gasteiger partial charge in [0.2, 0.25) is 0 Å². The van der Waals surface area contributed by atoms with E-state index in [0.29, 0.717) is 0 Å². The second kappa shape index (κ2) is 7.29. The van der Waals surface area contributed by atoms with Gasteiger partial charge in [0.25, 0.3) is 0 Å². The number of rotatable bonds is 7. The lowest BCUT2D eigenvalue weighted by molar-refractivity contribution is 0.250. The normalized spacial score (nSPS) is 12.6. The number of hydrogen-bond acceptors (Lipinski definition) is 4. The van der Waals surface area contributed by atoms with Gasteiger partial charge in [0.1, 0.15) is 11.5 Å². The summed E-state index contributed by atoms with van der Waals surface area (Å²) in [4.78, 5) is 2.16. The zero-order valence-corrected chi connectivity index (χ0v) is 13.2. The lowest BCUT2D eigenvalue weighted by Gasteiger charge is -2.22. The van der Waals surface area contributed by atoms with Gasteiger partial charge in [-0.3, -0.25) is 4.90 Å². The number of nitrogens with one attached hydrogen (secondary N) is 1. The van der Waals surface area contributed by atoms with Crippen LogP contribution < -0.4 is 10.1 Å². The average molecular weight is 288 g/mol. The molecule has 1 atom stereocenters. The fraction of sp³-hybridized carbons (Fsp3) is 0.412. The minimum absolute atomic E-state index is 0.236. The van der Waals surface area contributed by atoms with E-state index in [1.807, 2.05) is 18.2 Å². The second-order valence-corrected chi connectivity index (χ2v) is 5.43. The number of likely N-dealkylation sites (N-methyl/N-ethyl adjacent to an activating group) is 1. The average Bonchev–Trinajstić information content (AvgIpc) is 2.97. The summed E-state index contributed by atoms with van der Waals surface area (Å²) in [6.45, 7) is 3.73. The van der Waals surface area contributed by atoms with Crippen LogP contribution in [0.4, 0.5) is 0 Å². The summed E-state index contributed by atoms with van der Waals surface area (Å²) in [7, 11) is 5.82. The molecule has 0 saturated carbocycles. The van der Waals surface area contributed by atoms with E-state index >= 15 is 0 Å². The molecule has 0 amide bonds. The summed E-state index contributed by atoms with van der Waals surface area (Å²) in [6.07, 6.45) is 1.72. The summed E-state index contributed by atoms with van der Waals surface area (Å²) < 4.78 is 10.8. The van der Waals surface area contributed by atoms with Gasteiger partial charge in [-0.2, -0.15) is 0 Å². The monoisotopic (exact) mass is 288 g/mol. The lowest BCUT2D eigenvalue weighted by Crippen LogP contribution is -2.30. The molecular formula is C17H24N2O2. The summed E-state index contributed by atoms with van der Waals surface area (Å²) >= 11 is 0. The smallest absolute Gasteiger partial charge is 0.122 e. The number of benzene rings is 1. The highest BCUT2D eigenvalue weighted by Gasteiger charge is 2.16. The van der Waals surface area contributed by atoms with Crippen LogP contribution in [0.3, 0.4) is 0 Å². The van der Waals surface area contributed by atoms with Crippen LogP contribution in [0.1, 0.15) is 22.9 Å². The number of methoxy groups -OCH3 is 1. The third kappa shape index (κ3) is 4.09. The number of nitrogens with zero attached hydrogens (tertiary/aromatic N) is 1. The molecule has 0 aliphatic rings. The van der Waals surface area contributed by atoms with Crippen molar-refractivity contribution < 1.29 is 9.15 Å². The molecule has 114 valence electrons. The molecule has 21 heavy (non-hydrogen) atoms. The molecule has 0 aliphatic heterocycles. The van der Waals surface area contributed by atoms with Crippen LogP contribution in [0.15, 0.2) is 41.0 Å². The zero-order valence-electron chi connectivity index (χ0n) is 13.2. The molecule has 1 heterocycles. The van der Waals surface area contributed by atoms with Gasteiger partial charge >= 0.3 is 0 Å². The molecule has 0 saturated heterocycles. The number of ether oxygens (including phenoxy) is 1. The lowest BCUT2D eigenvalue weighted by atomic mass is 10.1. The van der Waals surface area contributed by atoms with Crippen LogP contribution in [-0.4, -0.2) is 32.6 Å². The summed E-state index contributed by atoms with van der Waals surface area (Å²) in [6, 6.07) is 10.4. The SMILES string of the molecule is COc1ccc(CNCC(c2ccco2)N(C)C)cc1C. The Labute approximate surface area is 126 Å². The van der Waals surface area contributed by atoms with Gasteiger partial charge in [-0.1, -0.05) is 12.1 Å². The van der Waals surface area contributed by atoms with Gasteiger partial charge in [0, 0.05) is 13.1 Å². The highest BCUT2D eigenvalue weighted by molar-refractivity contribution is 5.36. The third-order valence-electron chi connectivity index (χ3n) is 3.62. The molecule has 0 aliphatic carbocycles. The standard InChI is InChI=1S/C17H24N2O2/c1-13-10-14(7-8-16(13)20-4)11-18-12-15(19(2)3)17-6-5-9-21-17/h5-10,15,18H,11-12H2,1-4H3. The Bertz CT molecular complexity index is 550. The highest BCUT2D eigenvalue weighted by Crippen LogP contribution is 2.20.